The topological polar surface area (TPSA) is 36.1 Å². The second-order valence-electron chi connectivity index (χ2n) is 8.88. The Morgan fingerprint density at radius 2 is 1.65 bits per heavy atom. The van der Waals surface area contributed by atoms with Gasteiger partial charge in [-0.3, -0.25) is 4.79 Å². The van der Waals surface area contributed by atoms with Crippen LogP contribution in [0, 0.1) is 5.92 Å². The molecule has 31 heavy (non-hydrogen) atoms. The van der Waals surface area contributed by atoms with Crippen molar-refractivity contribution in [2.24, 2.45) is 5.92 Å². The Balaban J connectivity index is 1.50. The maximum atomic E-state index is 13.8. The molecule has 1 aliphatic carbocycles. The number of rotatable bonds is 1. The smallest absolute Gasteiger partial charge is 0.251 e. The molecule has 3 aliphatic rings. The number of carbonyl (C=O) groups is 1. The molecule has 1 saturated heterocycles. The van der Waals surface area contributed by atoms with Crippen LogP contribution in [0.4, 0.5) is 0 Å². The van der Waals surface area contributed by atoms with E-state index >= 15 is 0 Å². The zero-order valence-electron chi connectivity index (χ0n) is 17.1. The number of benzene rings is 3. The van der Waals surface area contributed by atoms with Gasteiger partial charge in [-0.2, -0.15) is 0 Å². The van der Waals surface area contributed by atoms with E-state index in [1.807, 2.05) is 6.07 Å². The van der Waals surface area contributed by atoms with Crippen molar-refractivity contribution in [1.29, 1.82) is 0 Å². The minimum Gasteiger partial charge on any atom is -0.356 e. The van der Waals surface area contributed by atoms with E-state index in [4.69, 9.17) is 0 Å². The lowest BCUT2D eigenvalue weighted by atomic mass is 9.74. The maximum absolute atomic E-state index is 13.8. The van der Waals surface area contributed by atoms with Gasteiger partial charge in [0.1, 0.15) is 0 Å². The molecule has 3 nitrogen and oxygen atoms in total. The van der Waals surface area contributed by atoms with E-state index in [1.54, 1.807) is 0 Å². The lowest BCUT2D eigenvalue weighted by Crippen LogP contribution is -2.35. The van der Waals surface area contributed by atoms with Crippen LogP contribution in [0.1, 0.15) is 34.0 Å². The number of para-hydroxylation sites is 1. The predicted octanol–water partition coefficient (Wildman–Crippen LogP) is 5.28. The van der Waals surface area contributed by atoms with Crippen molar-refractivity contribution in [3.05, 3.63) is 112 Å². The van der Waals surface area contributed by atoms with Crippen LogP contribution < -0.4 is 0 Å². The molecule has 150 valence electrons. The first-order valence-electron chi connectivity index (χ1n) is 11.1. The van der Waals surface area contributed by atoms with Crippen molar-refractivity contribution < 1.29 is 4.79 Å². The summed E-state index contributed by atoms with van der Waals surface area (Å²) in [5, 5.41) is 1.31. The van der Waals surface area contributed by atoms with Crippen molar-refractivity contribution in [3.8, 4) is 0 Å². The fourth-order valence-corrected chi connectivity index (χ4v) is 6.13. The summed E-state index contributed by atoms with van der Waals surface area (Å²) in [7, 11) is 0. The van der Waals surface area contributed by atoms with E-state index in [0.29, 0.717) is 0 Å². The minimum absolute atomic E-state index is 0.0886. The van der Waals surface area contributed by atoms with E-state index in [1.165, 1.54) is 33.3 Å². The van der Waals surface area contributed by atoms with Crippen LogP contribution in [0.25, 0.3) is 16.5 Å². The van der Waals surface area contributed by atoms with E-state index in [0.717, 1.165) is 36.1 Å². The number of carbonyl (C=O) groups excluding carboxylic acids is 1. The van der Waals surface area contributed by atoms with E-state index in [2.05, 4.69) is 82.7 Å². The van der Waals surface area contributed by atoms with Gasteiger partial charge in [0, 0.05) is 34.6 Å². The molecule has 4 aromatic rings. The third-order valence-corrected chi connectivity index (χ3v) is 7.38. The molecule has 1 fully saturated rings. The third-order valence-electron chi connectivity index (χ3n) is 7.38. The van der Waals surface area contributed by atoms with Crippen molar-refractivity contribution in [2.75, 3.05) is 6.54 Å². The van der Waals surface area contributed by atoms with Crippen molar-refractivity contribution in [3.63, 3.8) is 0 Å². The number of hydrogen-bond acceptors (Lipinski definition) is 1. The normalized spacial score (nSPS) is 21.7. The van der Waals surface area contributed by atoms with Gasteiger partial charge in [0.15, 0.2) is 0 Å². The highest BCUT2D eigenvalue weighted by Gasteiger charge is 2.51. The summed E-state index contributed by atoms with van der Waals surface area (Å²) in [4.78, 5) is 19.7. The second kappa shape index (κ2) is 6.21. The number of nitrogens with one attached hydrogen (secondary N) is 1. The monoisotopic (exact) mass is 402 g/mol. The molecule has 2 unspecified atom stereocenters. The fraction of sp³-hybridized carbons (Fsp3) is 0.179. The third kappa shape index (κ3) is 2.26. The van der Waals surface area contributed by atoms with Gasteiger partial charge in [-0.05, 0) is 46.7 Å². The zero-order chi connectivity index (χ0) is 20.5. The van der Waals surface area contributed by atoms with Crippen molar-refractivity contribution in [1.82, 2.24) is 9.88 Å². The largest absolute Gasteiger partial charge is 0.356 e. The average Bonchev–Trinajstić information content (AvgIpc) is 3.34. The number of amides is 1. The molecular weight excluding hydrogens is 380 g/mol. The summed E-state index contributed by atoms with van der Waals surface area (Å²) in [5.41, 5.74) is 9.64. The first kappa shape index (κ1) is 17.1. The van der Waals surface area contributed by atoms with Gasteiger partial charge in [0.2, 0.25) is 0 Å². The Hall–Kier alpha value is -3.59. The molecule has 3 heteroatoms. The number of aromatic nitrogens is 1. The minimum atomic E-state index is 0.0886. The second-order valence-corrected chi connectivity index (χ2v) is 8.88. The summed E-state index contributed by atoms with van der Waals surface area (Å²) in [5.74, 6) is 0.386. The SMILES string of the molecule is O=C1C2=C(c3ccccc3)c3ccccc3CC2C2c3[nH]c4ccccc4c3CCN12. The summed E-state index contributed by atoms with van der Waals surface area (Å²) in [6.45, 7) is 0.788. The first-order chi connectivity index (χ1) is 15.3. The van der Waals surface area contributed by atoms with Crippen LogP contribution in [-0.4, -0.2) is 22.3 Å². The Morgan fingerprint density at radius 1 is 0.871 bits per heavy atom. The lowest BCUT2D eigenvalue weighted by molar-refractivity contribution is -0.126. The van der Waals surface area contributed by atoms with Crippen LogP contribution in [0.3, 0.4) is 0 Å². The Morgan fingerprint density at radius 3 is 2.55 bits per heavy atom. The molecule has 2 aliphatic heterocycles. The fourth-order valence-electron chi connectivity index (χ4n) is 6.13. The Bertz CT molecular complexity index is 1400. The van der Waals surface area contributed by atoms with Crippen LogP contribution in [0.2, 0.25) is 0 Å². The van der Waals surface area contributed by atoms with E-state index in [9.17, 15) is 4.79 Å². The zero-order valence-corrected chi connectivity index (χ0v) is 17.1. The Kier molecular flexibility index (Phi) is 3.43. The lowest BCUT2D eigenvalue weighted by Gasteiger charge is -2.33. The summed E-state index contributed by atoms with van der Waals surface area (Å²) in [6, 6.07) is 27.7. The molecule has 2 atom stereocenters. The molecule has 0 bridgehead atoms. The summed E-state index contributed by atoms with van der Waals surface area (Å²) >= 11 is 0. The molecule has 0 spiro atoms. The number of H-pyrrole nitrogens is 1. The highest BCUT2D eigenvalue weighted by Crippen LogP contribution is 2.53. The van der Waals surface area contributed by atoms with E-state index < -0.39 is 0 Å². The standard InChI is InChI=1S/C28H22N2O/c31-28-25-22(16-18-10-4-5-11-19(18)24(25)17-8-2-1-3-9-17)27-26-21(14-15-30(27)28)20-12-6-7-13-23(20)29-26/h1-13,22,27,29H,14-16H2. The van der Waals surface area contributed by atoms with E-state index in [-0.39, 0.29) is 17.9 Å². The van der Waals surface area contributed by atoms with Gasteiger partial charge in [-0.1, -0.05) is 72.8 Å². The van der Waals surface area contributed by atoms with Crippen LogP contribution in [0.5, 0.6) is 0 Å². The van der Waals surface area contributed by atoms with Crippen LogP contribution in [0.15, 0.2) is 84.4 Å². The number of nitrogens with zero attached hydrogens (tertiary/aromatic N) is 1. The molecule has 0 radical (unpaired) electrons. The molecule has 1 N–H and O–H groups in total. The molecule has 1 amide bonds. The molecule has 3 heterocycles. The van der Waals surface area contributed by atoms with Crippen LogP contribution in [-0.2, 0) is 17.6 Å². The highest BCUT2D eigenvalue weighted by atomic mass is 16.2. The first-order valence-corrected chi connectivity index (χ1v) is 11.1. The van der Waals surface area contributed by atoms with Crippen LogP contribution >= 0.6 is 0 Å². The van der Waals surface area contributed by atoms with Gasteiger partial charge in [-0.15, -0.1) is 0 Å². The predicted molar refractivity (Wildman–Crippen MR) is 123 cm³/mol. The number of aromatic amines is 1. The molecule has 3 aromatic carbocycles. The molecule has 1 aromatic heterocycles. The average molecular weight is 402 g/mol. The van der Waals surface area contributed by atoms with Gasteiger partial charge in [0.05, 0.1) is 6.04 Å². The summed E-state index contributed by atoms with van der Waals surface area (Å²) < 4.78 is 0. The molecule has 7 rings (SSSR count). The molecular formula is C28H22N2O. The van der Waals surface area contributed by atoms with Gasteiger partial charge in [-0.25, -0.2) is 0 Å². The van der Waals surface area contributed by atoms with Crippen molar-refractivity contribution in [2.45, 2.75) is 18.9 Å². The quantitative estimate of drug-likeness (QED) is 0.462. The maximum Gasteiger partial charge on any atom is 0.251 e. The molecule has 0 saturated carbocycles. The highest BCUT2D eigenvalue weighted by molar-refractivity contribution is 6.08. The van der Waals surface area contributed by atoms with Gasteiger partial charge >= 0.3 is 0 Å². The van der Waals surface area contributed by atoms with Gasteiger partial charge < -0.3 is 9.88 Å². The van der Waals surface area contributed by atoms with Gasteiger partial charge in [0.25, 0.3) is 5.91 Å². The summed E-state index contributed by atoms with van der Waals surface area (Å²) in [6.07, 6.45) is 1.82. The number of hydrogen-bond donors (Lipinski definition) is 1. The van der Waals surface area contributed by atoms with Crippen molar-refractivity contribution >= 4 is 22.4 Å². The number of fused-ring (bicyclic) bond motifs is 8. The Labute approximate surface area is 181 Å².